The van der Waals surface area contributed by atoms with Crippen LogP contribution in [0.4, 0.5) is 0 Å². The van der Waals surface area contributed by atoms with Gasteiger partial charge in [0.15, 0.2) is 5.96 Å². The number of nitrogens with zero attached hydrogens (tertiary/aromatic N) is 2. The van der Waals surface area contributed by atoms with Crippen LogP contribution in [0, 0.1) is 0 Å². The Morgan fingerprint density at radius 3 is 2.56 bits per heavy atom. The van der Waals surface area contributed by atoms with Crippen LogP contribution in [-0.2, 0) is 4.74 Å². The van der Waals surface area contributed by atoms with Crippen molar-refractivity contribution < 1.29 is 4.74 Å². The Morgan fingerprint density at radius 2 is 2.06 bits per heavy atom. The van der Waals surface area contributed by atoms with Crippen molar-refractivity contribution in [1.29, 1.82) is 0 Å². The Labute approximate surface area is 99.3 Å². The third-order valence-electron chi connectivity index (χ3n) is 2.11. The summed E-state index contributed by atoms with van der Waals surface area (Å²) < 4.78 is 5.02. The normalized spacial score (nSPS) is 12.3. The summed E-state index contributed by atoms with van der Waals surface area (Å²) >= 11 is 0. The van der Waals surface area contributed by atoms with Gasteiger partial charge in [-0.3, -0.25) is 4.99 Å². The molecule has 0 spiro atoms. The Hall–Kier alpha value is -0.810. The van der Waals surface area contributed by atoms with E-state index in [1.807, 2.05) is 0 Å². The van der Waals surface area contributed by atoms with Crippen molar-refractivity contribution in [2.75, 3.05) is 47.4 Å². The molecule has 0 saturated heterocycles. The zero-order chi connectivity index (χ0) is 12.4. The molecule has 0 radical (unpaired) electrons. The van der Waals surface area contributed by atoms with E-state index in [0.29, 0.717) is 6.04 Å². The second-order valence-corrected chi connectivity index (χ2v) is 4.09. The summed E-state index contributed by atoms with van der Waals surface area (Å²) in [5.41, 5.74) is 0. The monoisotopic (exact) mass is 230 g/mol. The number of ether oxygens (including phenoxy) is 1. The van der Waals surface area contributed by atoms with Crippen LogP contribution < -0.4 is 10.6 Å². The lowest BCUT2D eigenvalue weighted by molar-refractivity contribution is 0.162. The fraction of sp³-hybridized carbons (Fsp3) is 0.909. The average molecular weight is 230 g/mol. The summed E-state index contributed by atoms with van der Waals surface area (Å²) in [5, 5.41) is 6.51. The maximum absolute atomic E-state index is 5.02. The SMILES string of the molecule is CN=C(NCCN(C)CCOC)NC(C)C. The second-order valence-electron chi connectivity index (χ2n) is 4.09. The van der Waals surface area contributed by atoms with Crippen LogP contribution in [0.2, 0.25) is 0 Å². The average Bonchev–Trinajstić information content (AvgIpc) is 2.24. The lowest BCUT2D eigenvalue weighted by atomic mass is 10.4. The predicted octanol–water partition coefficient (Wildman–Crippen LogP) is 0.138. The summed E-state index contributed by atoms with van der Waals surface area (Å²) in [7, 11) is 5.59. The Balaban J connectivity index is 3.62. The van der Waals surface area contributed by atoms with Gasteiger partial charge >= 0.3 is 0 Å². The summed E-state index contributed by atoms with van der Waals surface area (Å²) in [6, 6.07) is 0.400. The highest BCUT2D eigenvalue weighted by Crippen LogP contribution is 1.82. The van der Waals surface area contributed by atoms with Gasteiger partial charge < -0.3 is 20.3 Å². The van der Waals surface area contributed by atoms with Gasteiger partial charge in [0.2, 0.25) is 0 Å². The Bertz CT molecular complexity index is 194. The quantitative estimate of drug-likeness (QED) is 0.482. The summed E-state index contributed by atoms with van der Waals surface area (Å²) in [6.45, 7) is 7.77. The molecule has 0 aromatic heterocycles. The van der Waals surface area contributed by atoms with Crippen LogP contribution in [-0.4, -0.2) is 64.3 Å². The minimum Gasteiger partial charge on any atom is -0.383 e. The molecule has 0 amide bonds. The molecule has 0 saturated carbocycles. The highest BCUT2D eigenvalue weighted by molar-refractivity contribution is 5.79. The molecule has 96 valence electrons. The molecule has 0 aliphatic carbocycles. The van der Waals surface area contributed by atoms with E-state index in [1.165, 1.54) is 0 Å². The first-order valence-corrected chi connectivity index (χ1v) is 5.74. The maximum atomic E-state index is 5.02. The van der Waals surface area contributed by atoms with Crippen LogP contribution in [0.1, 0.15) is 13.8 Å². The number of hydrogen-bond donors (Lipinski definition) is 2. The predicted molar refractivity (Wildman–Crippen MR) is 69.0 cm³/mol. The molecule has 0 atom stereocenters. The number of methoxy groups -OCH3 is 1. The van der Waals surface area contributed by atoms with E-state index in [-0.39, 0.29) is 0 Å². The van der Waals surface area contributed by atoms with E-state index in [2.05, 4.69) is 41.4 Å². The van der Waals surface area contributed by atoms with E-state index in [0.717, 1.165) is 32.2 Å². The van der Waals surface area contributed by atoms with Crippen LogP contribution in [0.5, 0.6) is 0 Å². The van der Waals surface area contributed by atoms with Gasteiger partial charge in [0.1, 0.15) is 0 Å². The first-order valence-electron chi connectivity index (χ1n) is 5.74. The third kappa shape index (κ3) is 8.49. The topological polar surface area (TPSA) is 48.9 Å². The molecule has 5 nitrogen and oxygen atoms in total. The number of likely N-dealkylation sites (N-methyl/N-ethyl adjacent to an activating group) is 1. The van der Waals surface area contributed by atoms with E-state index < -0.39 is 0 Å². The van der Waals surface area contributed by atoms with Crippen molar-refractivity contribution in [2.24, 2.45) is 4.99 Å². The molecule has 16 heavy (non-hydrogen) atoms. The molecule has 5 heteroatoms. The van der Waals surface area contributed by atoms with Crippen LogP contribution in [0.3, 0.4) is 0 Å². The fourth-order valence-corrected chi connectivity index (χ4v) is 1.19. The van der Waals surface area contributed by atoms with Gasteiger partial charge in [0, 0.05) is 39.8 Å². The van der Waals surface area contributed by atoms with Gasteiger partial charge in [-0.25, -0.2) is 0 Å². The van der Waals surface area contributed by atoms with Gasteiger partial charge in [-0.2, -0.15) is 0 Å². The largest absolute Gasteiger partial charge is 0.383 e. The smallest absolute Gasteiger partial charge is 0.191 e. The second kappa shape index (κ2) is 9.42. The molecule has 0 unspecified atom stereocenters. The van der Waals surface area contributed by atoms with Gasteiger partial charge in [-0.1, -0.05) is 0 Å². The van der Waals surface area contributed by atoms with E-state index in [1.54, 1.807) is 14.2 Å². The third-order valence-corrected chi connectivity index (χ3v) is 2.11. The van der Waals surface area contributed by atoms with Gasteiger partial charge in [-0.05, 0) is 20.9 Å². The molecule has 0 bridgehead atoms. The number of rotatable bonds is 7. The van der Waals surface area contributed by atoms with Crippen molar-refractivity contribution >= 4 is 5.96 Å². The molecular weight excluding hydrogens is 204 g/mol. The first-order chi connectivity index (χ1) is 7.60. The van der Waals surface area contributed by atoms with Crippen molar-refractivity contribution in [3.8, 4) is 0 Å². The molecular formula is C11H26N4O. The zero-order valence-electron chi connectivity index (χ0n) is 11.2. The van der Waals surface area contributed by atoms with Crippen LogP contribution in [0.25, 0.3) is 0 Å². The number of hydrogen-bond acceptors (Lipinski definition) is 3. The molecule has 0 aliphatic heterocycles. The Kier molecular flexibility index (Phi) is 8.94. The van der Waals surface area contributed by atoms with Gasteiger partial charge in [0.05, 0.1) is 6.61 Å². The molecule has 0 rings (SSSR count). The van der Waals surface area contributed by atoms with Crippen LogP contribution >= 0.6 is 0 Å². The number of aliphatic imine (C=N–C) groups is 1. The minimum atomic E-state index is 0.400. The summed E-state index contributed by atoms with van der Waals surface area (Å²) in [6.07, 6.45) is 0. The standard InChI is InChI=1S/C11H26N4O/c1-10(2)14-11(12-3)13-6-7-15(4)8-9-16-5/h10H,6-9H2,1-5H3,(H2,12,13,14). The fourth-order valence-electron chi connectivity index (χ4n) is 1.19. The number of nitrogens with one attached hydrogen (secondary N) is 2. The van der Waals surface area contributed by atoms with E-state index in [4.69, 9.17) is 4.74 Å². The summed E-state index contributed by atoms with van der Waals surface area (Å²) in [4.78, 5) is 6.36. The van der Waals surface area contributed by atoms with E-state index in [9.17, 15) is 0 Å². The highest BCUT2D eigenvalue weighted by Gasteiger charge is 2.01. The molecule has 0 aliphatic rings. The molecule has 0 heterocycles. The number of guanidine groups is 1. The van der Waals surface area contributed by atoms with Crippen molar-refractivity contribution in [3.63, 3.8) is 0 Å². The van der Waals surface area contributed by atoms with E-state index >= 15 is 0 Å². The van der Waals surface area contributed by atoms with Gasteiger partial charge in [-0.15, -0.1) is 0 Å². The molecule has 0 aromatic carbocycles. The van der Waals surface area contributed by atoms with Crippen molar-refractivity contribution in [1.82, 2.24) is 15.5 Å². The zero-order valence-corrected chi connectivity index (χ0v) is 11.2. The van der Waals surface area contributed by atoms with Gasteiger partial charge in [0.25, 0.3) is 0 Å². The molecule has 0 aromatic rings. The van der Waals surface area contributed by atoms with Crippen LogP contribution in [0.15, 0.2) is 4.99 Å². The van der Waals surface area contributed by atoms with Crippen molar-refractivity contribution in [2.45, 2.75) is 19.9 Å². The summed E-state index contributed by atoms with van der Waals surface area (Å²) in [5.74, 6) is 0.857. The molecule has 2 N–H and O–H groups in total. The maximum Gasteiger partial charge on any atom is 0.191 e. The lowest BCUT2D eigenvalue weighted by Gasteiger charge is -2.18. The van der Waals surface area contributed by atoms with Crippen molar-refractivity contribution in [3.05, 3.63) is 0 Å². The first kappa shape index (κ1) is 15.2. The lowest BCUT2D eigenvalue weighted by Crippen LogP contribution is -2.43. The molecule has 0 fully saturated rings. The Morgan fingerprint density at radius 1 is 1.38 bits per heavy atom. The minimum absolute atomic E-state index is 0.400. The highest BCUT2D eigenvalue weighted by atomic mass is 16.5.